The van der Waals surface area contributed by atoms with Crippen LogP contribution in [0.25, 0.3) is 11.5 Å². The molecule has 1 heterocycles. The van der Waals surface area contributed by atoms with Crippen LogP contribution < -0.4 is 14.8 Å². The second-order valence-corrected chi connectivity index (χ2v) is 9.31. The number of carbonyl (C=O) groups excluding carboxylic acids is 2. The number of hydrogen-bond donors (Lipinski definition) is 2. The molecule has 0 bridgehead atoms. The van der Waals surface area contributed by atoms with Crippen LogP contribution in [0.1, 0.15) is 17.3 Å². The van der Waals surface area contributed by atoms with Crippen LogP contribution in [0.5, 0.6) is 5.75 Å². The molecule has 0 aliphatic heterocycles. The molecule has 32 heavy (non-hydrogen) atoms. The van der Waals surface area contributed by atoms with Gasteiger partial charge in [-0.3, -0.25) is 14.3 Å². The Morgan fingerprint density at radius 2 is 1.84 bits per heavy atom. The van der Waals surface area contributed by atoms with Crippen molar-refractivity contribution in [2.45, 2.75) is 12.1 Å². The minimum atomic E-state index is -3.36. The second kappa shape index (κ2) is 9.83. The number of carbonyl (C=O) groups is 2. The molecule has 0 spiro atoms. The lowest BCUT2D eigenvalue weighted by atomic mass is 10.1. The van der Waals surface area contributed by atoms with Crippen molar-refractivity contribution in [1.82, 2.24) is 10.2 Å². The van der Waals surface area contributed by atoms with E-state index in [9.17, 15) is 18.0 Å². The normalized spacial score (nSPS) is 11.1. The number of anilines is 2. The van der Waals surface area contributed by atoms with E-state index >= 15 is 0 Å². The van der Waals surface area contributed by atoms with E-state index in [0.29, 0.717) is 28.3 Å². The summed E-state index contributed by atoms with van der Waals surface area (Å²) in [5.74, 6) is 0.253. The van der Waals surface area contributed by atoms with E-state index in [4.69, 9.17) is 9.15 Å². The SMILES string of the molecule is COc1cc(C(=O)CSc2nnc(-c3ccc(NS(C)(=O)=O)cc3)o2)ccc1NC(C)=O. The van der Waals surface area contributed by atoms with Crippen molar-refractivity contribution in [3.8, 4) is 17.2 Å². The van der Waals surface area contributed by atoms with Gasteiger partial charge in [0, 0.05) is 23.7 Å². The molecule has 0 radical (unpaired) electrons. The number of hydrogen-bond acceptors (Lipinski definition) is 9. The Morgan fingerprint density at radius 1 is 1.12 bits per heavy atom. The number of ether oxygens (including phenoxy) is 1. The molecule has 0 aliphatic carbocycles. The number of sulfonamides is 1. The predicted octanol–water partition coefficient (Wildman–Crippen LogP) is 3.05. The number of aromatic nitrogens is 2. The highest BCUT2D eigenvalue weighted by atomic mass is 32.2. The van der Waals surface area contributed by atoms with Gasteiger partial charge < -0.3 is 14.5 Å². The average molecular weight is 477 g/mol. The molecule has 168 valence electrons. The second-order valence-electron chi connectivity index (χ2n) is 6.63. The van der Waals surface area contributed by atoms with Gasteiger partial charge in [-0.2, -0.15) is 0 Å². The number of amides is 1. The first-order valence-corrected chi connectivity index (χ1v) is 12.1. The predicted molar refractivity (Wildman–Crippen MR) is 121 cm³/mol. The number of thioether (sulfide) groups is 1. The van der Waals surface area contributed by atoms with E-state index in [-0.39, 0.29) is 28.6 Å². The lowest BCUT2D eigenvalue weighted by Crippen LogP contribution is -2.09. The fourth-order valence-electron chi connectivity index (χ4n) is 2.65. The fraction of sp³-hybridized carbons (Fsp3) is 0.200. The van der Waals surface area contributed by atoms with Crippen molar-refractivity contribution in [3.63, 3.8) is 0 Å². The van der Waals surface area contributed by atoms with Crippen molar-refractivity contribution in [2.75, 3.05) is 29.2 Å². The summed E-state index contributed by atoms with van der Waals surface area (Å²) >= 11 is 1.09. The molecule has 0 unspecified atom stereocenters. The Labute approximate surface area is 188 Å². The van der Waals surface area contributed by atoms with E-state index in [1.165, 1.54) is 14.0 Å². The van der Waals surface area contributed by atoms with Gasteiger partial charge in [0.05, 0.1) is 24.8 Å². The van der Waals surface area contributed by atoms with Crippen LogP contribution in [0, 0.1) is 0 Å². The molecule has 2 aromatic carbocycles. The first kappa shape index (κ1) is 23.3. The number of methoxy groups -OCH3 is 1. The van der Waals surface area contributed by atoms with Gasteiger partial charge in [-0.25, -0.2) is 8.42 Å². The minimum Gasteiger partial charge on any atom is -0.495 e. The first-order valence-electron chi connectivity index (χ1n) is 9.18. The number of nitrogens with zero attached hydrogens (tertiary/aromatic N) is 2. The molecule has 1 aromatic heterocycles. The van der Waals surface area contributed by atoms with Gasteiger partial charge >= 0.3 is 0 Å². The zero-order valence-electron chi connectivity index (χ0n) is 17.4. The molecule has 1 amide bonds. The van der Waals surface area contributed by atoms with Gasteiger partial charge in [0.15, 0.2) is 5.78 Å². The van der Waals surface area contributed by atoms with Gasteiger partial charge in [-0.05, 0) is 42.5 Å². The maximum absolute atomic E-state index is 12.5. The van der Waals surface area contributed by atoms with E-state index in [1.807, 2.05) is 0 Å². The zero-order chi connectivity index (χ0) is 23.3. The summed E-state index contributed by atoms with van der Waals surface area (Å²) in [5.41, 5.74) is 1.91. The zero-order valence-corrected chi connectivity index (χ0v) is 19.0. The van der Waals surface area contributed by atoms with Crippen LogP contribution in [0.15, 0.2) is 52.1 Å². The highest BCUT2D eigenvalue weighted by molar-refractivity contribution is 7.99. The van der Waals surface area contributed by atoms with Crippen molar-refractivity contribution >= 4 is 44.9 Å². The summed E-state index contributed by atoms with van der Waals surface area (Å²) in [4.78, 5) is 23.8. The van der Waals surface area contributed by atoms with Crippen LogP contribution >= 0.6 is 11.8 Å². The number of Topliss-reactive ketones (excluding diaryl/α,β-unsaturated/α-hetero) is 1. The summed E-state index contributed by atoms with van der Waals surface area (Å²) in [7, 11) is -1.91. The average Bonchev–Trinajstić information content (AvgIpc) is 3.20. The summed E-state index contributed by atoms with van der Waals surface area (Å²) < 4.78 is 35.7. The van der Waals surface area contributed by atoms with Gasteiger partial charge in [0.1, 0.15) is 5.75 Å². The van der Waals surface area contributed by atoms with Crippen LogP contribution in [0.3, 0.4) is 0 Å². The fourth-order valence-corrected chi connectivity index (χ4v) is 3.87. The van der Waals surface area contributed by atoms with E-state index < -0.39 is 10.0 Å². The highest BCUT2D eigenvalue weighted by Crippen LogP contribution is 2.28. The molecule has 0 fully saturated rings. The standard InChI is InChI=1S/C20H20N4O6S2/c1-12(25)21-16-9-6-14(10-18(16)29-2)17(26)11-31-20-23-22-19(30-20)13-4-7-15(8-5-13)24-32(3,27)28/h4-10,24H,11H2,1-3H3,(H,21,25). The summed E-state index contributed by atoms with van der Waals surface area (Å²) in [6.07, 6.45) is 1.07. The van der Waals surface area contributed by atoms with Crippen molar-refractivity contribution in [3.05, 3.63) is 48.0 Å². The molecule has 2 N–H and O–H groups in total. The summed E-state index contributed by atoms with van der Waals surface area (Å²) in [6.45, 7) is 1.38. The first-order chi connectivity index (χ1) is 15.1. The van der Waals surface area contributed by atoms with Crippen molar-refractivity contribution in [2.24, 2.45) is 0 Å². The Hall–Kier alpha value is -3.38. The molecule has 10 nitrogen and oxygen atoms in total. The van der Waals surface area contributed by atoms with Gasteiger partial charge in [0.25, 0.3) is 5.22 Å². The molecular weight excluding hydrogens is 456 g/mol. The number of benzene rings is 2. The Kier molecular flexibility index (Phi) is 7.15. The Bertz CT molecular complexity index is 1240. The summed E-state index contributed by atoms with van der Waals surface area (Å²) in [6, 6.07) is 11.2. The third-order valence-electron chi connectivity index (χ3n) is 4.00. The van der Waals surface area contributed by atoms with E-state index in [1.54, 1.807) is 42.5 Å². The smallest absolute Gasteiger partial charge is 0.277 e. The third kappa shape index (κ3) is 6.31. The molecule has 0 saturated heterocycles. The van der Waals surface area contributed by atoms with Crippen LogP contribution in [0.4, 0.5) is 11.4 Å². The maximum Gasteiger partial charge on any atom is 0.277 e. The number of nitrogens with one attached hydrogen (secondary N) is 2. The molecule has 0 aliphatic rings. The van der Waals surface area contributed by atoms with Crippen LogP contribution in [-0.2, 0) is 14.8 Å². The third-order valence-corrected chi connectivity index (χ3v) is 5.43. The summed E-state index contributed by atoms with van der Waals surface area (Å²) in [5, 5.41) is 10.7. The number of rotatable bonds is 9. The lowest BCUT2D eigenvalue weighted by molar-refractivity contribution is -0.114. The molecule has 3 aromatic rings. The van der Waals surface area contributed by atoms with Crippen LogP contribution in [-0.4, -0.2) is 49.4 Å². The molecule has 3 rings (SSSR count). The quantitative estimate of drug-likeness (QED) is 0.352. The van der Waals surface area contributed by atoms with Crippen LogP contribution in [0.2, 0.25) is 0 Å². The molecule has 12 heteroatoms. The van der Waals surface area contributed by atoms with Crippen molar-refractivity contribution in [1.29, 1.82) is 0 Å². The topological polar surface area (TPSA) is 140 Å². The molecule has 0 atom stereocenters. The van der Waals surface area contributed by atoms with E-state index in [0.717, 1.165) is 18.0 Å². The maximum atomic E-state index is 12.5. The van der Waals surface area contributed by atoms with Gasteiger partial charge in [0.2, 0.25) is 21.8 Å². The monoisotopic (exact) mass is 476 g/mol. The lowest BCUT2D eigenvalue weighted by Gasteiger charge is -2.10. The van der Waals surface area contributed by atoms with Gasteiger partial charge in [-0.1, -0.05) is 11.8 Å². The highest BCUT2D eigenvalue weighted by Gasteiger charge is 2.15. The van der Waals surface area contributed by atoms with Crippen molar-refractivity contribution < 1.29 is 27.2 Å². The Balaban J connectivity index is 1.63. The van der Waals surface area contributed by atoms with Gasteiger partial charge in [-0.15, -0.1) is 10.2 Å². The molecule has 0 saturated carbocycles. The van der Waals surface area contributed by atoms with E-state index in [2.05, 4.69) is 20.2 Å². The Morgan fingerprint density at radius 3 is 2.47 bits per heavy atom. The minimum absolute atomic E-state index is 0.0570. The molecular formula is C20H20N4O6S2. The largest absolute Gasteiger partial charge is 0.495 e. The number of ketones is 1.